The summed E-state index contributed by atoms with van der Waals surface area (Å²) in [6.45, 7) is 9.26. The topological polar surface area (TPSA) is 38.0 Å². The first kappa shape index (κ1) is 16.5. The van der Waals surface area contributed by atoms with Crippen LogP contribution >= 0.6 is 35.1 Å². The highest BCUT2D eigenvalue weighted by Gasteiger charge is 2.31. The van der Waals surface area contributed by atoms with Gasteiger partial charge in [-0.15, -0.1) is 0 Å². The molecule has 0 aliphatic carbocycles. The van der Waals surface area contributed by atoms with Crippen molar-refractivity contribution in [2.45, 2.75) is 62.5 Å². The van der Waals surface area contributed by atoms with Crippen LogP contribution in [0.5, 0.6) is 0 Å². The van der Waals surface area contributed by atoms with Gasteiger partial charge < -0.3 is 5.11 Å². The number of thioether (sulfide) groups is 2. The second kappa shape index (κ2) is 6.95. The number of hydrogen-bond donors (Lipinski definition) is 1. The summed E-state index contributed by atoms with van der Waals surface area (Å²) in [6, 6.07) is 0. The molecule has 1 N–H and O–H groups in total. The molecule has 0 spiro atoms. The van der Waals surface area contributed by atoms with E-state index >= 15 is 0 Å². The molecule has 1 aliphatic heterocycles. The molecule has 6 heteroatoms. The molecule has 4 unspecified atom stereocenters. The molecular weight excluding hydrogens is 312 g/mol. The summed E-state index contributed by atoms with van der Waals surface area (Å²) in [7, 11) is 0. The molecule has 20 heavy (non-hydrogen) atoms. The molecule has 2 rings (SSSR count). The van der Waals surface area contributed by atoms with Gasteiger partial charge in [-0.1, -0.05) is 25.4 Å². The van der Waals surface area contributed by atoms with Gasteiger partial charge in [0.2, 0.25) is 0 Å². The fraction of sp³-hybridized carbons (Fsp3) is 0.786. The minimum Gasteiger partial charge on any atom is -0.392 e. The first-order chi connectivity index (χ1) is 9.43. The second-order valence-electron chi connectivity index (χ2n) is 5.35. The Morgan fingerprint density at radius 1 is 1.45 bits per heavy atom. The molecule has 1 aromatic rings. The van der Waals surface area contributed by atoms with Gasteiger partial charge in [-0.05, 0) is 13.8 Å². The fourth-order valence-electron chi connectivity index (χ4n) is 2.40. The van der Waals surface area contributed by atoms with E-state index in [2.05, 4.69) is 18.9 Å². The van der Waals surface area contributed by atoms with Gasteiger partial charge in [-0.25, -0.2) is 0 Å². The molecule has 0 radical (unpaired) electrons. The predicted molar refractivity (Wildman–Crippen MR) is 90.1 cm³/mol. The standard InChI is InChI=1S/C14H23ClN2OS2/c1-5-17-11(14(15)8(2)16-17)6-12(18)13-7-19-9(3)10(4)20-13/h9-10,12-13,18H,5-7H2,1-4H3. The summed E-state index contributed by atoms with van der Waals surface area (Å²) in [4.78, 5) is 0. The molecule has 3 nitrogen and oxygen atoms in total. The third-order valence-electron chi connectivity index (χ3n) is 3.86. The molecule has 1 fully saturated rings. The zero-order valence-electron chi connectivity index (χ0n) is 12.5. The van der Waals surface area contributed by atoms with E-state index in [4.69, 9.17) is 11.6 Å². The van der Waals surface area contributed by atoms with Crippen molar-refractivity contribution in [2.24, 2.45) is 0 Å². The summed E-state index contributed by atoms with van der Waals surface area (Å²) in [6.07, 6.45) is 0.230. The summed E-state index contributed by atoms with van der Waals surface area (Å²) in [5, 5.41) is 17.2. The Labute approximate surface area is 134 Å². The highest BCUT2D eigenvalue weighted by Crippen LogP contribution is 2.38. The lowest BCUT2D eigenvalue weighted by atomic mass is 10.1. The summed E-state index contributed by atoms with van der Waals surface area (Å²) in [5.41, 5.74) is 1.82. The maximum Gasteiger partial charge on any atom is 0.0848 e. The number of aliphatic hydroxyl groups excluding tert-OH is 1. The van der Waals surface area contributed by atoms with Crippen molar-refractivity contribution in [3.05, 3.63) is 16.4 Å². The van der Waals surface area contributed by atoms with Gasteiger partial charge in [0.25, 0.3) is 0 Å². The van der Waals surface area contributed by atoms with Crippen molar-refractivity contribution in [1.29, 1.82) is 0 Å². The Hall–Kier alpha value is 0.160. The van der Waals surface area contributed by atoms with E-state index in [0.717, 1.165) is 23.7 Å². The Morgan fingerprint density at radius 2 is 2.15 bits per heavy atom. The van der Waals surface area contributed by atoms with Gasteiger partial charge in [0.05, 0.1) is 22.5 Å². The third kappa shape index (κ3) is 3.49. The van der Waals surface area contributed by atoms with Crippen LogP contribution in [0.2, 0.25) is 5.02 Å². The van der Waals surface area contributed by atoms with Crippen LogP contribution in [0.1, 0.15) is 32.2 Å². The van der Waals surface area contributed by atoms with E-state index in [0.29, 0.717) is 21.9 Å². The zero-order chi connectivity index (χ0) is 14.9. The minimum absolute atomic E-state index is 0.280. The van der Waals surface area contributed by atoms with Crippen LogP contribution in [0.4, 0.5) is 0 Å². The van der Waals surface area contributed by atoms with Crippen molar-refractivity contribution in [2.75, 3.05) is 5.75 Å². The number of rotatable bonds is 4. The molecule has 114 valence electrons. The van der Waals surface area contributed by atoms with Gasteiger partial charge in [-0.2, -0.15) is 28.6 Å². The highest BCUT2D eigenvalue weighted by molar-refractivity contribution is 8.07. The summed E-state index contributed by atoms with van der Waals surface area (Å²) in [5.74, 6) is 1.01. The van der Waals surface area contributed by atoms with Crippen LogP contribution in [0.15, 0.2) is 0 Å². The van der Waals surface area contributed by atoms with Gasteiger partial charge in [0.1, 0.15) is 0 Å². The first-order valence-electron chi connectivity index (χ1n) is 7.10. The average molecular weight is 335 g/mol. The zero-order valence-corrected chi connectivity index (χ0v) is 14.9. The van der Waals surface area contributed by atoms with E-state index in [-0.39, 0.29) is 11.4 Å². The lowest BCUT2D eigenvalue weighted by Gasteiger charge is -2.33. The normalized spacial score (nSPS) is 28.6. The molecule has 1 aliphatic rings. The first-order valence-corrected chi connectivity index (χ1v) is 9.47. The molecule has 1 saturated heterocycles. The van der Waals surface area contributed by atoms with Crippen molar-refractivity contribution < 1.29 is 5.11 Å². The maximum atomic E-state index is 10.6. The molecule has 0 bridgehead atoms. The number of aliphatic hydroxyl groups is 1. The number of hydrogen-bond acceptors (Lipinski definition) is 4. The van der Waals surface area contributed by atoms with E-state index in [9.17, 15) is 5.11 Å². The quantitative estimate of drug-likeness (QED) is 0.916. The lowest BCUT2D eigenvalue weighted by Crippen LogP contribution is -2.36. The van der Waals surface area contributed by atoms with E-state index in [1.165, 1.54) is 0 Å². The van der Waals surface area contributed by atoms with Crippen molar-refractivity contribution in [3.8, 4) is 0 Å². The van der Waals surface area contributed by atoms with Gasteiger partial charge in [0.15, 0.2) is 0 Å². The van der Waals surface area contributed by atoms with Crippen molar-refractivity contribution >= 4 is 35.1 Å². The number of halogens is 1. The molecule has 0 amide bonds. The van der Waals surface area contributed by atoms with Crippen LogP contribution in [0, 0.1) is 6.92 Å². The molecule has 0 saturated carbocycles. The molecule has 1 aromatic heterocycles. The van der Waals surface area contributed by atoms with Crippen LogP contribution < -0.4 is 0 Å². The van der Waals surface area contributed by atoms with Crippen molar-refractivity contribution in [3.63, 3.8) is 0 Å². The molecule has 4 atom stereocenters. The summed E-state index contributed by atoms with van der Waals surface area (Å²) < 4.78 is 1.91. The smallest absolute Gasteiger partial charge is 0.0848 e. The van der Waals surface area contributed by atoms with E-state index < -0.39 is 0 Å². The Bertz CT molecular complexity index is 466. The Kier molecular flexibility index (Phi) is 5.74. The molecular formula is C14H23ClN2OS2. The average Bonchev–Trinajstić information content (AvgIpc) is 2.69. The predicted octanol–water partition coefficient (Wildman–Crippen LogP) is 3.39. The largest absolute Gasteiger partial charge is 0.392 e. The maximum absolute atomic E-state index is 10.6. The second-order valence-corrected chi connectivity index (χ2v) is 8.76. The van der Waals surface area contributed by atoms with E-state index in [1.54, 1.807) is 0 Å². The molecule has 2 heterocycles. The third-order valence-corrected chi connectivity index (χ3v) is 7.89. The number of nitrogens with zero attached hydrogens (tertiary/aromatic N) is 2. The lowest BCUT2D eigenvalue weighted by molar-refractivity contribution is 0.174. The van der Waals surface area contributed by atoms with Gasteiger partial charge in [0, 0.05) is 34.5 Å². The van der Waals surface area contributed by atoms with Crippen LogP contribution in [0.25, 0.3) is 0 Å². The SMILES string of the molecule is CCn1nc(C)c(Cl)c1CC(O)C1CSC(C)C(C)S1. The highest BCUT2D eigenvalue weighted by atomic mass is 35.5. The number of aromatic nitrogens is 2. The van der Waals surface area contributed by atoms with E-state index in [1.807, 2.05) is 42.1 Å². The summed E-state index contributed by atoms with van der Waals surface area (Å²) >= 11 is 10.2. The van der Waals surface area contributed by atoms with Gasteiger partial charge >= 0.3 is 0 Å². The van der Waals surface area contributed by atoms with Crippen LogP contribution in [0.3, 0.4) is 0 Å². The van der Waals surface area contributed by atoms with Crippen LogP contribution in [-0.4, -0.2) is 42.5 Å². The Morgan fingerprint density at radius 3 is 2.75 bits per heavy atom. The minimum atomic E-state index is -0.360. The van der Waals surface area contributed by atoms with Crippen molar-refractivity contribution in [1.82, 2.24) is 9.78 Å². The van der Waals surface area contributed by atoms with Crippen LogP contribution in [-0.2, 0) is 13.0 Å². The monoisotopic (exact) mass is 334 g/mol. The fourth-order valence-corrected chi connectivity index (χ4v) is 5.63. The Balaban J connectivity index is 2.06. The van der Waals surface area contributed by atoms with Gasteiger partial charge in [-0.3, -0.25) is 4.68 Å². The molecule has 0 aromatic carbocycles. The number of aryl methyl sites for hydroxylation is 2.